The summed E-state index contributed by atoms with van der Waals surface area (Å²) in [6.07, 6.45) is 1.80. The molecule has 0 radical (unpaired) electrons. The number of esters is 1. The summed E-state index contributed by atoms with van der Waals surface area (Å²) >= 11 is 0. The predicted molar refractivity (Wildman–Crippen MR) is 121 cm³/mol. The molecule has 0 spiro atoms. The lowest BCUT2D eigenvalue weighted by molar-refractivity contribution is -0.165. The number of rotatable bonds is 6. The quantitative estimate of drug-likeness (QED) is 0.458. The van der Waals surface area contributed by atoms with Gasteiger partial charge in [-0.3, -0.25) is 14.4 Å². The number of nitrogens with zero attached hydrogens (tertiary/aromatic N) is 1. The zero-order valence-corrected chi connectivity index (χ0v) is 18.6. The second-order valence-electron chi connectivity index (χ2n) is 9.15. The van der Waals surface area contributed by atoms with Gasteiger partial charge in [-0.2, -0.15) is 5.26 Å². The van der Waals surface area contributed by atoms with Crippen LogP contribution in [0.4, 0.5) is 0 Å². The number of Topliss-reactive ketones (excluding diaryl/α,β-unsaturated/α-hetero) is 2. The molecule has 2 atom stereocenters. The molecule has 5 heteroatoms. The Balaban J connectivity index is 1.97. The maximum absolute atomic E-state index is 13.2. The number of nitriles is 1. The van der Waals surface area contributed by atoms with Crippen molar-refractivity contribution in [3.8, 4) is 6.07 Å². The fourth-order valence-corrected chi connectivity index (χ4v) is 3.93. The van der Waals surface area contributed by atoms with E-state index in [1.54, 1.807) is 75.4 Å². The van der Waals surface area contributed by atoms with Crippen LogP contribution in [-0.4, -0.2) is 23.1 Å². The number of hydrogen-bond donors (Lipinski definition) is 0. The molecule has 3 rings (SSSR count). The number of allylic oxidation sites excluding steroid dienone is 2. The highest BCUT2D eigenvalue weighted by molar-refractivity contribution is 6.10. The Kier molecular flexibility index (Phi) is 6.74. The van der Waals surface area contributed by atoms with Crippen molar-refractivity contribution in [2.45, 2.75) is 45.6 Å². The van der Waals surface area contributed by atoms with Crippen LogP contribution in [0.25, 0.3) is 0 Å². The molecule has 0 amide bonds. The molecular formula is C27H27NO4. The highest BCUT2D eigenvalue weighted by atomic mass is 16.6. The molecule has 164 valence electrons. The molecule has 0 bridgehead atoms. The lowest BCUT2D eigenvalue weighted by atomic mass is 9.68. The SMILES string of the molecule is CC(C)(C)OC(=O)[C@@]1(C#N)CC=C(C(=O)c2ccccc2)[C@@H](CC(=O)c2ccccc2)C1. The summed E-state index contributed by atoms with van der Waals surface area (Å²) in [6, 6.07) is 19.8. The summed E-state index contributed by atoms with van der Waals surface area (Å²) in [7, 11) is 0. The van der Waals surface area contributed by atoms with Crippen LogP contribution in [0.5, 0.6) is 0 Å². The Hall–Kier alpha value is -3.52. The predicted octanol–water partition coefficient (Wildman–Crippen LogP) is 5.33. The maximum atomic E-state index is 13.2. The number of benzene rings is 2. The van der Waals surface area contributed by atoms with E-state index < -0.39 is 22.9 Å². The van der Waals surface area contributed by atoms with Crippen molar-refractivity contribution in [1.82, 2.24) is 0 Å². The van der Waals surface area contributed by atoms with Gasteiger partial charge in [-0.1, -0.05) is 66.7 Å². The van der Waals surface area contributed by atoms with E-state index in [0.717, 1.165) is 0 Å². The third kappa shape index (κ3) is 5.20. The van der Waals surface area contributed by atoms with Crippen molar-refractivity contribution in [2.24, 2.45) is 11.3 Å². The Morgan fingerprint density at radius 1 is 1.00 bits per heavy atom. The standard InChI is InChI=1S/C27H27NO4/c1-26(2,3)32-25(31)27(18-28)15-14-22(24(30)20-12-8-5-9-13-20)21(17-27)16-23(29)19-10-6-4-7-11-19/h4-14,21H,15-17H2,1-3H3/t21-,27-/m0/s1. The van der Waals surface area contributed by atoms with Crippen molar-refractivity contribution >= 4 is 17.5 Å². The molecule has 0 saturated carbocycles. The molecule has 0 N–H and O–H groups in total. The minimum absolute atomic E-state index is 0.0284. The van der Waals surface area contributed by atoms with E-state index in [0.29, 0.717) is 16.7 Å². The first-order valence-corrected chi connectivity index (χ1v) is 10.7. The van der Waals surface area contributed by atoms with E-state index in [9.17, 15) is 19.6 Å². The first-order chi connectivity index (χ1) is 15.1. The van der Waals surface area contributed by atoms with E-state index in [4.69, 9.17) is 4.74 Å². The highest BCUT2D eigenvalue weighted by Gasteiger charge is 2.47. The molecule has 0 saturated heterocycles. The van der Waals surface area contributed by atoms with Gasteiger partial charge in [0.25, 0.3) is 0 Å². The summed E-state index contributed by atoms with van der Waals surface area (Å²) in [4.78, 5) is 39.2. The maximum Gasteiger partial charge on any atom is 0.327 e. The van der Waals surface area contributed by atoms with Gasteiger partial charge in [-0.05, 0) is 45.1 Å². The molecule has 0 fully saturated rings. The lowest BCUT2D eigenvalue weighted by Crippen LogP contribution is -2.41. The van der Waals surface area contributed by atoms with Crippen molar-refractivity contribution in [3.05, 3.63) is 83.4 Å². The number of ketones is 2. The molecule has 1 aliphatic rings. The average molecular weight is 430 g/mol. The van der Waals surface area contributed by atoms with E-state index in [1.165, 1.54) is 0 Å². The zero-order chi connectivity index (χ0) is 23.4. The van der Waals surface area contributed by atoms with Crippen LogP contribution in [0.3, 0.4) is 0 Å². The number of hydrogen-bond acceptors (Lipinski definition) is 5. The first-order valence-electron chi connectivity index (χ1n) is 10.7. The van der Waals surface area contributed by atoms with E-state index in [2.05, 4.69) is 6.07 Å². The van der Waals surface area contributed by atoms with E-state index >= 15 is 0 Å². The van der Waals surface area contributed by atoms with E-state index in [1.807, 2.05) is 12.1 Å². The molecule has 0 unspecified atom stereocenters. The fourth-order valence-electron chi connectivity index (χ4n) is 3.93. The fraction of sp³-hybridized carbons (Fsp3) is 0.333. The third-order valence-electron chi connectivity index (χ3n) is 5.53. The molecule has 1 aliphatic carbocycles. The minimum atomic E-state index is -1.44. The number of ether oxygens (including phenoxy) is 1. The van der Waals surface area contributed by atoms with Crippen molar-refractivity contribution in [3.63, 3.8) is 0 Å². The second-order valence-corrected chi connectivity index (χ2v) is 9.15. The summed E-state index contributed by atoms with van der Waals surface area (Å²) in [5, 5.41) is 9.97. The highest BCUT2D eigenvalue weighted by Crippen LogP contribution is 2.43. The molecule has 2 aromatic carbocycles. The average Bonchev–Trinajstić information content (AvgIpc) is 2.78. The Bertz CT molecular complexity index is 1070. The van der Waals surface area contributed by atoms with Gasteiger partial charge in [0.05, 0.1) is 6.07 Å². The topological polar surface area (TPSA) is 84.2 Å². The van der Waals surface area contributed by atoms with Gasteiger partial charge in [0.1, 0.15) is 5.60 Å². The molecule has 0 aromatic heterocycles. The Morgan fingerprint density at radius 2 is 1.56 bits per heavy atom. The monoisotopic (exact) mass is 429 g/mol. The molecule has 0 aliphatic heterocycles. The van der Waals surface area contributed by atoms with E-state index in [-0.39, 0.29) is 30.8 Å². The van der Waals surface area contributed by atoms with Gasteiger partial charge in [0, 0.05) is 17.5 Å². The smallest absolute Gasteiger partial charge is 0.327 e. The first kappa shape index (κ1) is 23.1. The number of carbonyl (C=O) groups is 3. The molecule has 32 heavy (non-hydrogen) atoms. The van der Waals surface area contributed by atoms with Crippen LogP contribution >= 0.6 is 0 Å². The summed E-state index contributed by atoms with van der Waals surface area (Å²) in [5.74, 6) is -1.52. The summed E-state index contributed by atoms with van der Waals surface area (Å²) in [5.41, 5.74) is -0.674. The van der Waals surface area contributed by atoms with Crippen molar-refractivity contribution in [2.75, 3.05) is 0 Å². The summed E-state index contributed by atoms with van der Waals surface area (Å²) < 4.78 is 5.53. The van der Waals surface area contributed by atoms with Gasteiger partial charge in [0.15, 0.2) is 17.0 Å². The van der Waals surface area contributed by atoms with Crippen LogP contribution in [-0.2, 0) is 9.53 Å². The minimum Gasteiger partial charge on any atom is -0.459 e. The molecule has 2 aromatic rings. The van der Waals surface area contributed by atoms with Gasteiger partial charge in [0.2, 0.25) is 0 Å². The third-order valence-corrected chi connectivity index (χ3v) is 5.53. The second kappa shape index (κ2) is 9.32. The molecular weight excluding hydrogens is 402 g/mol. The number of carbonyl (C=O) groups excluding carboxylic acids is 3. The van der Waals surface area contributed by atoms with Crippen LogP contribution in [0.2, 0.25) is 0 Å². The van der Waals surface area contributed by atoms with Crippen molar-refractivity contribution in [1.29, 1.82) is 5.26 Å². The lowest BCUT2D eigenvalue weighted by Gasteiger charge is -2.35. The Labute approximate surface area is 188 Å². The van der Waals surface area contributed by atoms with Crippen LogP contribution in [0.15, 0.2) is 72.3 Å². The van der Waals surface area contributed by atoms with Gasteiger partial charge >= 0.3 is 5.97 Å². The van der Waals surface area contributed by atoms with Gasteiger partial charge in [-0.15, -0.1) is 0 Å². The zero-order valence-electron chi connectivity index (χ0n) is 18.6. The normalized spacial score (nSPS) is 20.6. The van der Waals surface area contributed by atoms with Gasteiger partial charge in [-0.25, -0.2) is 0 Å². The van der Waals surface area contributed by atoms with Gasteiger partial charge < -0.3 is 4.74 Å². The van der Waals surface area contributed by atoms with Crippen molar-refractivity contribution < 1.29 is 19.1 Å². The summed E-state index contributed by atoms with van der Waals surface area (Å²) in [6.45, 7) is 5.24. The Morgan fingerprint density at radius 3 is 2.09 bits per heavy atom. The van der Waals surface area contributed by atoms with Crippen LogP contribution in [0.1, 0.15) is 60.7 Å². The van der Waals surface area contributed by atoms with Crippen LogP contribution < -0.4 is 0 Å². The van der Waals surface area contributed by atoms with Crippen LogP contribution in [0, 0.1) is 22.7 Å². The largest absolute Gasteiger partial charge is 0.459 e. The molecule has 0 heterocycles. The molecule has 5 nitrogen and oxygen atoms in total.